The molecule has 4 aromatic rings. The average molecular weight is 367 g/mol. The first-order valence-electron chi connectivity index (χ1n) is 8.62. The molecule has 0 aliphatic rings. The van der Waals surface area contributed by atoms with Crippen LogP contribution < -0.4 is 0 Å². The standard InChI is InChI=1S/C19H19ClN6/c1-3-9-26-15-11-13(2)23-18(20)17(15)24-16(26)12-25-10-8-22-19(25)14-6-4-5-7-21-14/h4-8,10-11H,3,9,12H2,1-2H3. The Hall–Kier alpha value is -2.73. The van der Waals surface area contributed by atoms with E-state index in [1.54, 1.807) is 12.4 Å². The highest BCUT2D eigenvalue weighted by atomic mass is 35.5. The number of rotatable bonds is 5. The third kappa shape index (κ3) is 2.97. The zero-order valence-electron chi connectivity index (χ0n) is 14.7. The lowest BCUT2D eigenvalue weighted by molar-refractivity contribution is 0.627. The highest BCUT2D eigenvalue weighted by Crippen LogP contribution is 2.25. The van der Waals surface area contributed by atoms with E-state index in [-0.39, 0.29) is 0 Å². The Kier molecular flexibility index (Phi) is 4.42. The fourth-order valence-electron chi connectivity index (χ4n) is 3.16. The highest BCUT2D eigenvalue weighted by Gasteiger charge is 2.16. The van der Waals surface area contributed by atoms with Crippen LogP contribution in [-0.4, -0.2) is 29.1 Å². The summed E-state index contributed by atoms with van der Waals surface area (Å²) < 4.78 is 4.28. The number of aryl methyl sites for hydroxylation is 2. The molecule has 0 saturated heterocycles. The lowest BCUT2D eigenvalue weighted by Crippen LogP contribution is -2.09. The van der Waals surface area contributed by atoms with Crippen molar-refractivity contribution in [1.82, 2.24) is 29.1 Å². The Morgan fingerprint density at radius 3 is 2.77 bits per heavy atom. The number of fused-ring (bicyclic) bond motifs is 1. The van der Waals surface area contributed by atoms with Crippen LogP contribution in [0.25, 0.3) is 22.6 Å². The summed E-state index contributed by atoms with van der Waals surface area (Å²) in [5.74, 6) is 1.76. The van der Waals surface area contributed by atoms with E-state index in [0.29, 0.717) is 11.7 Å². The first-order valence-corrected chi connectivity index (χ1v) is 9.00. The maximum Gasteiger partial charge on any atom is 0.159 e. The van der Waals surface area contributed by atoms with Crippen molar-refractivity contribution in [2.45, 2.75) is 33.4 Å². The summed E-state index contributed by atoms with van der Waals surface area (Å²) >= 11 is 6.34. The van der Waals surface area contributed by atoms with Crippen LogP contribution in [0.1, 0.15) is 24.9 Å². The molecule has 0 spiro atoms. The van der Waals surface area contributed by atoms with Gasteiger partial charge in [-0.25, -0.2) is 15.0 Å². The number of hydrogen-bond acceptors (Lipinski definition) is 4. The Morgan fingerprint density at radius 1 is 1.12 bits per heavy atom. The number of nitrogens with zero attached hydrogens (tertiary/aromatic N) is 6. The number of halogens is 1. The van der Waals surface area contributed by atoms with Crippen molar-refractivity contribution < 1.29 is 0 Å². The van der Waals surface area contributed by atoms with Gasteiger partial charge in [0.2, 0.25) is 0 Å². The van der Waals surface area contributed by atoms with Crippen LogP contribution in [0.2, 0.25) is 5.15 Å². The fraction of sp³-hybridized carbons (Fsp3) is 0.263. The van der Waals surface area contributed by atoms with Gasteiger partial charge in [0.1, 0.15) is 17.0 Å². The smallest absolute Gasteiger partial charge is 0.159 e. The van der Waals surface area contributed by atoms with Crippen molar-refractivity contribution in [2.75, 3.05) is 0 Å². The van der Waals surface area contributed by atoms with Gasteiger partial charge >= 0.3 is 0 Å². The van der Waals surface area contributed by atoms with Crippen molar-refractivity contribution in [3.8, 4) is 11.5 Å². The van der Waals surface area contributed by atoms with Gasteiger partial charge in [-0.15, -0.1) is 0 Å². The summed E-state index contributed by atoms with van der Waals surface area (Å²) in [6.07, 6.45) is 6.52. The summed E-state index contributed by atoms with van der Waals surface area (Å²) in [5.41, 5.74) is 3.51. The molecule has 0 unspecified atom stereocenters. The van der Waals surface area contributed by atoms with E-state index in [1.807, 2.05) is 37.4 Å². The van der Waals surface area contributed by atoms with Crippen molar-refractivity contribution in [1.29, 1.82) is 0 Å². The second-order valence-corrected chi connectivity index (χ2v) is 6.55. The number of imidazole rings is 2. The normalized spacial score (nSPS) is 11.3. The van der Waals surface area contributed by atoms with E-state index < -0.39 is 0 Å². The summed E-state index contributed by atoms with van der Waals surface area (Å²) in [4.78, 5) is 18.0. The third-order valence-electron chi connectivity index (χ3n) is 4.27. The van der Waals surface area contributed by atoms with E-state index in [2.05, 4.69) is 31.0 Å². The van der Waals surface area contributed by atoms with Crippen LogP contribution in [-0.2, 0) is 13.1 Å². The maximum atomic E-state index is 6.34. The molecular weight excluding hydrogens is 348 g/mol. The molecule has 0 aliphatic carbocycles. The molecule has 4 rings (SSSR count). The molecule has 0 aromatic carbocycles. The van der Waals surface area contributed by atoms with E-state index in [0.717, 1.165) is 47.0 Å². The molecular formula is C19H19ClN6. The van der Waals surface area contributed by atoms with Crippen molar-refractivity contribution in [3.63, 3.8) is 0 Å². The second-order valence-electron chi connectivity index (χ2n) is 6.20. The van der Waals surface area contributed by atoms with Gasteiger partial charge in [-0.05, 0) is 31.5 Å². The van der Waals surface area contributed by atoms with Crippen LogP contribution in [0.3, 0.4) is 0 Å². The maximum absolute atomic E-state index is 6.34. The number of hydrogen-bond donors (Lipinski definition) is 0. The minimum atomic E-state index is 0.451. The molecule has 6 nitrogen and oxygen atoms in total. The Morgan fingerprint density at radius 2 is 2.00 bits per heavy atom. The first kappa shape index (κ1) is 16.7. The molecule has 0 saturated carbocycles. The van der Waals surface area contributed by atoms with Crippen LogP contribution in [0.5, 0.6) is 0 Å². The Labute approximate surface area is 156 Å². The van der Waals surface area contributed by atoms with Crippen LogP contribution in [0, 0.1) is 6.92 Å². The van der Waals surface area contributed by atoms with Gasteiger partial charge in [-0.3, -0.25) is 4.98 Å². The van der Waals surface area contributed by atoms with Gasteiger partial charge in [0.05, 0.1) is 12.1 Å². The first-order chi connectivity index (χ1) is 12.7. The average Bonchev–Trinajstić information content (AvgIpc) is 3.22. The van der Waals surface area contributed by atoms with Crippen molar-refractivity contribution >= 4 is 22.6 Å². The van der Waals surface area contributed by atoms with Gasteiger partial charge in [0, 0.05) is 30.8 Å². The SMILES string of the molecule is CCCn1c(Cn2ccnc2-c2ccccn2)nc2c(Cl)nc(C)cc21. The van der Waals surface area contributed by atoms with Crippen LogP contribution in [0.4, 0.5) is 0 Å². The van der Waals surface area contributed by atoms with Crippen LogP contribution in [0.15, 0.2) is 42.9 Å². The second kappa shape index (κ2) is 6.88. The summed E-state index contributed by atoms with van der Waals surface area (Å²) in [5, 5.41) is 0.451. The van der Waals surface area contributed by atoms with Gasteiger partial charge in [0.15, 0.2) is 11.0 Å². The van der Waals surface area contributed by atoms with Gasteiger partial charge in [-0.1, -0.05) is 24.6 Å². The van der Waals surface area contributed by atoms with E-state index in [1.165, 1.54) is 0 Å². The van der Waals surface area contributed by atoms with E-state index >= 15 is 0 Å². The van der Waals surface area contributed by atoms with Crippen molar-refractivity contribution in [2.24, 2.45) is 0 Å². The molecule has 132 valence electrons. The minimum absolute atomic E-state index is 0.451. The van der Waals surface area contributed by atoms with Gasteiger partial charge in [0.25, 0.3) is 0 Å². The quantitative estimate of drug-likeness (QED) is 0.499. The zero-order chi connectivity index (χ0) is 18.1. The monoisotopic (exact) mass is 366 g/mol. The highest BCUT2D eigenvalue weighted by molar-refractivity contribution is 6.33. The summed E-state index contributed by atoms with van der Waals surface area (Å²) in [6.45, 7) is 5.57. The summed E-state index contributed by atoms with van der Waals surface area (Å²) in [6, 6.07) is 7.86. The molecule has 0 radical (unpaired) electrons. The molecule has 26 heavy (non-hydrogen) atoms. The molecule has 0 fully saturated rings. The molecule has 0 bridgehead atoms. The predicted octanol–water partition coefficient (Wildman–Crippen LogP) is 4.11. The van der Waals surface area contributed by atoms with Gasteiger partial charge < -0.3 is 9.13 Å². The largest absolute Gasteiger partial charge is 0.326 e. The predicted molar refractivity (Wildman–Crippen MR) is 102 cm³/mol. The molecule has 4 heterocycles. The number of aromatic nitrogens is 6. The van der Waals surface area contributed by atoms with E-state index in [4.69, 9.17) is 16.6 Å². The molecule has 0 amide bonds. The van der Waals surface area contributed by atoms with Gasteiger partial charge in [-0.2, -0.15) is 0 Å². The van der Waals surface area contributed by atoms with E-state index in [9.17, 15) is 0 Å². The third-order valence-corrected chi connectivity index (χ3v) is 4.53. The molecule has 4 aromatic heterocycles. The Balaban J connectivity index is 1.80. The lowest BCUT2D eigenvalue weighted by Gasteiger charge is -2.10. The molecule has 0 aliphatic heterocycles. The van der Waals surface area contributed by atoms with Crippen molar-refractivity contribution in [3.05, 3.63) is 59.5 Å². The molecule has 0 atom stereocenters. The fourth-order valence-corrected chi connectivity index (χ4v) is 3.43. The topological polar surface area (TPSA) is 61.4 Å². The lowest BCUT2D eigenvalue weighted by atomic mass is 10.3. The zero-order valence-corrected chi connectivity index (χ0v) is 15.5. The van der Waals surface area contributed by atoms with Crippen LogP contribution >= 0.6 is 11.6 Å². The molecule has 7 heteroatoms. The Bertz CT molecular complexity index is 1050. The molecule has 0 N–H and O–H groups in total. The minimum Gasteiger partial charge on any atom is -0.326 e. The number of pyridine rings is 2. The summed E-state index contributed by atoms with van der Waals surface area (Å²) in [7, 11) is 0.